The molecule has 3 atom stereocenters. The second-order valence-corrected chi connectivity index (χ2v) is 8.02. The first-order valence-corrected chi connectivity index (χ1v) is 10.6. The summed E-state index contributed by atoms with van der Waals surface area (Å²) in [6, 6.07) is 3.49. The van der Waals surface area contributed by atoms with Crippen molar-refractivity contribution in [3.8, 4) is 5.69 Å². The van der Waals surface area contributed by atoms with Crippen LogP contribution < -0.4 is 5.32 Å². The van der Waals surface area contributed by atoms with Gasteiger partial charge < -0.3 is 19.9 Å². The molecule has 9 nitrogen and oxygen atoms in total. The van der Waals surface area contributed by atoms with Crippen molar-refractivity contribution in [1.82, 2.24) is 25.1 Å². The van der Waals surface area contributed by atoms with E-state index in [-0.39, 0.29) is 23.8 Å². The van der Waals surface area contributed by atoms with Crippen molar-refractivity contribution in [2.75, 3.05) is 20.3 Å². The van der Waals surface area contributed by atoms with Gasteiger partial charge in [0.05, 0.1) is 24.0 Å². The number of pyridine rings is 1. The molecule has 1 saturated heterocycles. The monoisotopic (exact) mass is 415 g/mol. The molecule has 2 aromatic heterocycles. The molecule has 0 bridgehead atoms. The van der Waals surface area contributed by atoms with Crippen LogP contribution >= 0.6 is 0 Å². The van der Waals surface area contributed by atoms with Gasteiger partial charge in [-0.1, -0.05) is 0 Å². The fourth-order valence-electron chi connectivity index (χ4n) is 4.30. The summed E-state index contributed by atoms with van der Waals surface area (Å²) in [7, 11) is 1.61. The largest absolute Gasteiger partial charge is 0.391 e. The van der Waals surface area contributed by atoms with Crippen molar-refractivity contribution in [3.63, 3.8) is 0 Å². The number of aromatic nitrogens is 4. The van der Waals surface area contributed by atoms with E-state index in [1.54, 1.807) is 24.2 Å². The first-order valence-electron chi connectivity index (χ1n) is 10.6. The minimum atomic E-state index is -0.557. The number of aliphatic hydroxyl groups is 1. The fourth-order valence-corrected chi connectivity index (χ4v) is 4.30. The second-order valence-electron chi connectivity index (χ2n) is 8.02. The first kappa shape index (κ1) is 20.9. The smallest absolute Gasteiger partial charge is 0.223 e. The van der Waals surface area contributed by atoms with E-state index in [0.717, 1.165) is 30.8 Å². The van der Waals surface area contributed by atoms with Crippen LogP contribution in [0.4, 0.5) is 0 Å². The highest BCUT2D eigenvalue weighted by Gasteiger charge is 2.35. The molecule has 1 aliphatic heterocycles. The highest BCUT2D eigenvalue weighted by atomic mass is 16.5. The molecule has 2 aliphatic rings. The number of rotatable bonds is 6. The van der Waals surface area contributed by atoms with Crippen molar-refractivity contribution in [3.05, 3.63) is 36.2 Å². The van der Waals surface area contributed by atoms with E-state index < -0.39 is 6.10 Å². The maximum atomic E-state index is 12.7. The van der Waals surface area contributed by atoms with Crippen LogP contribution in [0.2, 0.25) is 0 Å². The van der Waals surface area contributed by atoms with E-state index in [9.17, 15) is 9.90 Å². The van der Waals surface area contributed by atoms with Gasteiger partial charge in [-0.3, -0.25) is 9.78 Å². The van der Waals surface area contributed by atoms with Gasteiger partial charge in [-0.15, -0.1) is 5.10 Å². The lowest BCUT2D eigenvalue weighted by molar-refractivity contribution is -0.129. The van der Waals surface area contributed by atoms with E-state index in [0.29, 0.717) is 38.5 Å². The molecule has 1 saturated carbocycles. The van der Waals surface area contributed by atoms with Crippen LogP contribution in [0.3, 0.4) is 0 Å². The molecule has 162 valence electrons. The normalized spacial score (nSPS) is 25.2. The van der Waals surface area contributed by atoms with Crippen molar-refractivity contribution in [2.24, 2.45) is 5.92 Å². The fraction of sp³-hybridized carbons (Fsp3) is 0.619. The van der Waals surface area contributed by atoms with Gasteiger partial charge in [-0.25, -0.2) is 9.67 Å². The zero-order valence-electron chi connectivity index (χ0n) is 17.2. The summed E-state index contributed by atoms with van der Waals surface area (Å²) in [5.74, 6) is 1.44. The highest BCUT2D eigenvalue weighted by molar-refractivity contribution is 5.79. The SMILES string of the molecule is COCc1nc([C@H]2CC[C@@H](O)[C@H](NC(=O)C3CCOCC3)C2)n(-c2cccnc2)n1. The minimum absolute atomic E-state index is 0.0109. The van der Waals surface area contributed by atoms with E-state index >= 15 is 0 Å². The average molecular weight is 415 g/mol. The Hall–Kier alpha value is -2.36. The summed E-state index contributed by atoms with van der Waals surface area (Å²) < 4.78 is 12.4. The molecular formula is C21H29N5O4. The molecule has 0 unspecified atom stereocenters. The first-order chi connectivity index (χ1) is 14.7. The Morgan fingerprint density at radius 2 is 2.17 bits per heavy atom. The number of aliphatic hydroxyl groups excluding tert-OH is 1. The molecule has 1 amide bonds. The summed E-state index contributed by atoms with van der Waals surface area (Å²) in [5.41, 5.74) is 0.830. The van der Waals surface area contributed by atoms with Crippen LogP contribution in [-0.4, -0.2) is 63.2 Å². The van der Waals surface area contributed by atoms with Crippen LogP contribution in [0.25, 0.3) is 5.69 Å². The molecule has 0 radical (unpaired) electrons. The van der Waals surface area contributed by atoms with Gasteiger partial charge in [-0.05, 0) is 44.2 Å². The topological polar surface area (TPSA) is 111 Å². The highest BCUT2D eigenvalue weighted by Crippen LogP contribution is 2.33. The third-order valence-electron chi connectivity index (χ3n) is 5.94. The van der Waals surface area contributed by atoms with E-state index in [1.165, 1.54) is 0 Å². The summed E-state index contributed by atoms with van der Waals surface area (Å²) in [6.45, 7) is 1.55. The Morgan fingerprint density at radius 3 is 2.90 bits per heavy atom. The molecule has 2 fully saturated rings. The molecule has 2 N–H and O–H groups in total. The molecule has 30 heavy (non-hydrogen) atoms. The number of hydrogen-bond donors (Lipinski definition) is 2. The Bertz CT molecular complexity index is 837. The number of carbonyl (C=O) groups excluding carboxylic acids is 1. The number of hydrogen-bond acceptors (Lipinski definition) is 7. The lowest BCUT2D eigenvalue weighted by Crippen LogP contribution is -2.49. The van der Waals surface area contributed by atoms with Crippen LogP contribution in [0, 0.1) is 5.92 Å². The molecule has 4 rings (SSSR count). The third kappa shape index (κ3) is 4.69. The van der Waals surface area contributed by atoms with Gasteiger partial charge in [0.25, 0.3) is 0 Å². The van der Waals surface area contributed by atoms with Gasteiger partial charge in [0.15, 0.2) is 5.82 Å². The number of methoxy groups -OCH3 is 1. The summed E-state index contributed by atoms with van der Waals surface area (Å²) in [4.78, 5) is 21.6. The molecule has 9 heteroatoms. The van der Waals surface area contributed by atoms with Gasteiger partial charge in [0.2, 0.25) is 5.91 Å². The van der Waals surface area contributed by atoms with E-state index in [1.807, 2.05) is 12.1 Å². The van der Waals surface area contributed by atoms with Crippen LogP contribution in [0.5, 0.6) is 0 Å². The minimum Gasteiger partial charge on any atom is -0.391 e. The predicted molar refractivity (Wildman–Crippen MR) is 108 cm³/mol. The van der Waals surface area contributed by atoms with Gasteiger partial charge in [0, 0.05) is 38.4 Å². The summed E-state index contributed by atoms with van der Waals surface area (Å²) in [5, 5.41) is 18.2. The number of carbonyl (C=O) groups is 1. The van der Waals surface area contributed by atoms with Crippen LogP contribution in [0.1, 0.15) is 49.7 Å². The predicted octanol–water partition coefficient (Wildman–Crippen LogP) is 1.35. The number of amides is 1. The Morgan fingerprint density at radius 1 is 1.33 bits per heavy atom. The summed E-state index contributed by atoms with van der Waals surface area (Å²) >= 11 is 0. The Kier molecular flexibility index (Phi) is 6.71. The molecule has 0 spiro atoms. The second kappa shape index (κ2) is 9.63. The zero-order chi connectivity index (χ0) is 20.9. The maximum absolute atomic E-state index is 12.7. The molecule has 2 aromatic rings. The van der Waals surface area contributed by atoms with Gasteiger partial charge in [-0.2, -0.15) is 0 Å². The van der Waals surface area contributed by atoms with Crippen molar-refractivity contribution in [2.45, 2.75) is 56.8 Å². The van der Waals surface area contributed by atoms with Crippen LogP contribution in [0.15, 0.2) is 24.5 Å². The average Bonchev–Trinajstić information content (AvgIpc) is 3.20. The number of ether oxygens (including phenoxy) is 2. The van der Waals surface area contributed by atoms with E-state index in [2.05, 4.69) is 15.4 Å². The number of nitrogens with zero attached hydrogens (tertiary/aromatic N) is 4. The quantitative estimate of drug-likeness (QED) is 0.732. The molecule has 1 aliphatic carbocycles. The molecule has 0 aromatic carbocycles. The van der Waals surface area contributed by atoms with Crippen molar-refractivity contribution in [1.29, 1.82) is 0 Å². The third-order valence-corrected chi connectivity index (χ3v) is 5.94. The number of nitrogens with one attached hydrogen (secondary N) is 1. The Balaban J connectivity index is 1.52. The van der Waals surface area contributed by atoms with Gasteiger partial charge >= 0.3 is 0 Å². The Labute approximate surface area is 175 Å². The summed E-state index contributed by atoms with van der Waals surface area (Å²) in [6.07, 6.45) is 6.35. The van der Waals surface area contributed by atoms with E-state index in [4.69, 9.17) is 14.5 Å². The van der Waals surface area contributed by atoms with Gasteiger partial charge in [0.1, 0.15) is 12.4 Å². The molecule has 3 heterocycles. The molecular weight excluding hydrogens is 386 g/mol. The lowest BCUT2D eigenvalue weighted by Gasteiger charge is -2.34. The van der Waals surface area contributed by atoms with Crippen molar-refractivity contribution < 1.29 is 19.4 Å². The van der Waals surface area contributed by atoms with Crippen molar-refractivity contribution >= 4 is 5.91 Å². The standard InChI is InChI=1S/C21H29N5O4/c1-29-13-19-24-20(26(25-19)16-3-2-8-22-12-16)15-4-5-18(27)17(11-15)23-21(28)14-6-9-30-10-7-14/h2-3,8,12,14-15,17-18,27H,4-7,9-11,13H2,1H3,(H,23,28)/t15-,17+,18+/m0/s1. The maximum Gasteiger partial charge on any atom is 0.223 e. The lowest BCUT2D eigenvalue weighted by atomic mass is 9.82. The van der Waals surface area contributed by atoms with Crippen LogP contribution in [-0.2, 0) is 20.9 Å². The zero-order valence-corrected chi connectivity index (χ0v) is 17.2.